The van der Waals surface area contributed by atoms with Gasteiger partial charge in [0, 0.05) is 26.1 Å². The Morgan fingerprint density at radius 2 is 2.04 bits per heavy atom. The van der Waals surface area contributed by atoms with E-state index in [9.17, 15) is 4.79 Å². The number of hydrogen-bond acceptors (Lipinski definition) is 4. The Bertz CT molecular complexity index is 538. The summed E-state index contributed by atoms with van der Waals surface area (Å²) in [7, 11) is 1.70. The molecule has 25 heavy (non-hydrogen) atoms. The fourth-order valence-corrected chi connectivity index (χ4v) is 4.01. The Kier molecular flexibility index (Phi) is 6.45. The van der Waals surface area contributed by atoms with Crippen molar-refractivity contribution in [2.45, 2.75) is 25.9 Å². The highest BCUT2D eigenvalue weighted by atomic mass is 16.5. The molecule has 5 heteroatoms. The molecule has 1 unspecified atom stereocenters. The molecule has 0 radical (unpaired) electrons. The van der Waals surface area contributed by atoms with Crippen molar-refractivity contribution in [1.29, 1.82) is 0 Å². The van der Waals surface area contributed by atoms with Crippen molar-refractivity contribution in [3.8, 4) is 0 Å². The maximum Gasteiger partial charge on any atom is 0.231 e. The molecule has 0 saturated carbocycles. The van der Waals surface area contributed by atoms with Gasteiger partial charge < -0.3 is 19.7 Å². The van der Waals surface area contributed by atoms with Crippen molar-refractivity contribution >= 4 is 5.91 Å². The maximum absolute atomic E-state index is 13.1. The first-order valence-corrected chi connectivity index (χ1v) is 9.34. The molecule has 2 fully saturated rings. The lowest BCUT2D eigenvalue weighted by molar-refractivity contribution is -0.146. The normalized spacial score (nSPS) is 22.9. The van der Waals surface area contributed by atoms with Gasteiger partial charge >= 0.3 is 0 Å². The number of piperidine rings is 1. The van der Waals surface area contributed by atoms with Gasteiger partial charge in [0.2, 0.25) is 5.91 Å². The summed E-state index contributed by atoms with van der Waals surface area (Å²) in [4.78, 5) is 15.2. The van der Waals surface area contributed by atoms with Gasteiger partial charge in [-0.2, -0.15) is 0 Å². The zero-order valence-corrected chi connectivity index (χ0v) is 15.2. The van der Waals surface area contributed by atoms with Gasteiger partial charge in [-0.3, -0.25) is 4.79 Å². The van der Waals surface area contributed by atoms with Crippen LogP contribution >= 0.6 is 0 Å². The predicted octanol–water partition coefficient (Wildman–Crippen LogP) is 2.07. The van der Waals surface area contributed by atoms with Crippen LogP contribution in [0.4, 0.5) is 0 Å². The van der Waals surface area contributed by atoms with E-state index in [2.05, 4.69) is 17.4 Å². The molecule has 0 bridgehead atoms. The first-order chi connectivity index (χ1) is 12.2. The van der Waals surface area contributed by atoms with Crippen LogP contribution in [0.25, 0.3) is 0 Å². The average Bonchev–Trinajstić information content (AvgIpc) is 3.12. The molecule has 2 aliphatic rings. The quantitative estimate of drug-likeness (QED) is 0.821. The third-order valence-corrected chi connectivity index (χ3v) is 5.47. The highest BCUT2D eigenvalue weighted by molar-refractivity contribution is 5.83. The summed E-state index contributed by atoms with van der Waals surface area (Å²) in [5, 5.41) is 3.35. The summed E-state index contributed by atoms with van der Waals surface area (Å²) in [6.07, 6.45) is 2.76. The number of methoxy groups -OCH3 is 1. The number of nitrogens with zero attached hydrogens (tertiary/aromatic N) is 1. The Morgan fingerprint density at radius 1 is 1.28 bits per heavy atom. The lowest BCUT2D eigenvalue weighted by atomic mass is 9.78. The van der Waals surface area contributed by atoms with E-state index < -0.39 is 0 Å². The Morgan fingerprint density at radius 3 is 2.76 bits per heavy atom. The Labute approximate surface area is 150 Å². The smallest absolute Gasteiger partial charge is 0.231 e. The first-order valence-electron chi connectivity index (χ1n) is 9.34. The minimum Gasteiger partial charge on any atom is -0.384 e. The summed E-state index contributed by atoms with van der Waals surface area (Å²) < 4.78 is 11.3. The molecule has 1 N–H and O–H groups in total. The lowest BCUT2D eigenvalue weighted by Gasteiger charge is -2.38. The summed E-state index contributed by atoms with van der Waals surface area (Å²) >= 11 is 0. The molecule has 3 rings (SSSR count). The van der Waals surface area contributed by atoms with Crippen molar-refractivity contribution in [3.05, 3.63) is 35.9 Å². The van der Waals surface area contributed by atoms with Gasteiger partial charge in [0.15, 0.2) is 0 Å². The molecule has 2 heterocycles. The predicted molar refractivity (Wildman–Crippen MR) is 97.2 cm³/mol. The molecule has 1 amide bonds. The largest absolute Gasteiger partial charge is 0.384 e. The van der Waals surface area contributed by atoms with E-state index >= 15 is 0 Å². The molecular formula is C20H30N2O3. The molecule has 2 saturated heterocycles. The number of rotatable bonds is 7. The van der Waals surface area contributed by atoms with Crippen LogP contribution < -0.4 is 5.32 Å². The SMILES string of the molecule is COCC1(C(=O)N2CCC(COCc3ccccc3)C2)CCNCC1. The van der Waals surface area contributed by atoms with Crippen LogP contribution in [0.2, 0.25) is 0 Å². The van der Waals surface area contributed by atoms with Crippen LogP contribution in [-0.2, 0) is 20.9 Å². The van der Waals surface area contributed by atoms with Gasteiger partial charge in [-0.1, -0.05) is 30.3 Å². The van der Waals surface area contributed by atoms with Gasteiger partial charge in [0.1, 0.15) is 0 Å². The zero-order valence-electron chi connectivity index (χ0n) is 15.2. The van der Waals surface area contributed by atoms with Gasteiger partial charge in [0.25, 0.3) is 0 Å². The van der Waals surface area contributed by atoms with Crippen LogP contribution in [0, 0.1) is 11.3 Å². The van der Waals surface area contributed by atoms with Crippen LogP contribution in [0.1, 0.15) is 24.8 Å². The van der Waals surface area contributed by atoms with E-state index in [0.29, 0.717) is 19.1 Å². The summed E-state index contributed by atoms with van der Waals surface area (Å²) in [5.41, 5.74) is 0.863. The van der Waals surface area contributed by atoms with Crippen molar-refractivity contribution in [3.63, 3.8) is 0 Å². The van der Waals surface area contributed by atoms with E-state index in [4.69, 9.17) is 9.47 Å². The van der Waals surface area contributed by atoms with Crippen LogP contribution in [0.5, 0.6) is 0 Å². The molecule has 138 valence electrons. The zero-order chi connectivity index (χ0) is 17.5. The van der Waals surface area contributed by atoms with Crippen molar-refractivity contribution < 1.29 is 14.3 Å². The van der Waals surface area contributed by atoms with E-state index in [1.807, 2.05) is 23.1 Å². The number of carbonyl (C=O) groups excluding carboxylic acids is 1. The minimum atomic E-state index is -0.334. The van der Waals surface area contributed by atoms with E-state index in [0.717, 1.165) is 52.0 Å². The molecule has 1 atom stereocenters. The molecule has 0 aliphatic carbocycles. The summed E-state index contributed by atoms with van der Waals surface area (Å²) in [6.45, 7) is 5.34. The third-order valence-electron chi connectivity index (χ3n) is 5.47. The monoisotopic (exact) mass is 346 g/mol. The second-order valence-electron chi connectivity index (χ2n) is 7.37. The first kappa shape index (κ1) is 18.4. The summed E-state index contributed by atoms with van der Waals surface area (Å²) in [6, 6.07) is 10.2. The van der Waals surface area contributed by atoms with E-state index in [-0.39, 0.29) is 11.3 Å². The minimum absolute atomic E-state index is 0.279. The summed E-state index contributed by atoms with van der Waals surface area (Å²) in [5.74, 6) is 0.718. The topological polar surface area (TPSA) is 50.8 Å². The third kappa shape index (κ3) is 4.60. The van der Waals surface area contributed by atoms with Crippen LogP contribution in [0.15, 0.2) is 30.3 Å². The van der Waals surface area contributed by atoms with Gasteiger partial charge in [-0.15, -0.1) is 0 Å². The number of ether oxygens (including phenoxy) is 2. The van der Waals surface area contributed by atoms with Crippen molar-refractivity contribution in [2.24, 2.45) is 11.3 Å². The lowest BCUT2D eigenvalue weighted by Crippen LogP contribution is -2.51. The number of amides is 1. The molecule has 1 aromatic rings. The van der Waals surface area contributed by atoms with Crippen LogP contribution in [0.3, 0.4) is 0 Å². The molecular weight excluding hydrogens is 316 g/mol. The van der Waals surface area contributed by atoms with Crippen LogP contribution in [-0.4, -0.2) is 57.3 Å². The molecule has 1 aromatic carbocycles. The number of benzene rings is 1. The van der Waals surface area contributed by atoms with Crippen molar-refractivity contribution in [1.82, 2.24) is 10.2 Å². The fraction of sp³-hybridized carbons (Fsp3) is 0.650. The molecule has 0 aromatic heterocycles. The second-order valence-corrected chi connectivity index (χ2v) is 7.37. The number of hydrogen-bond donors (Lipinski definition) is 1. The number of carbonyl (C=O) groups is 1. The van der Waals surface area contributed by atoms with E-state index in [1.165, 1.54) is 5.56 Å². The number of nitrogens with one attached hydrogen (secondary N) is 1. The second kappa shape index (κ2) is 8.79. The highest BCUT2D eigenvalue weighted by Gasteiger charge is 2.43. The van der Waals surface area contributed by atoms with Crippen molar-refractivity contribution in [2.75, 3.05) is 46.5 Å². The standard InChI is InChI=1S/C20H30N2O3/c1-24-16-20(8-10-21-11-9-20)19(23)22-12-7-18(13-22)15-25-14-17-5-3-2-4-6-17/h2-6,18,21H,7-16H2,1H3. The number of likely N-dealkylation sites (tertiary alicyclic amines) is 1. The van der Waals surface area contributed by atoms with Gasteiger partial charge in [0.05, 0.1) is 25.2 Å². The Balaban J connectivity index is 1.48. The molecule has 2 aliphatic heterocycles. The molecule has 0 spiro atoms. The average molecular weight is 346 g/mol. The molecule has 5 nitrogen and oxygen atoms in total. The Hall–Kier alpha value is -1.43. The van der Waals surface area contributed by atoms with E-state index in [1.54, 1.807) is 7.11 Å². The fourth-order valence-electron chi connectivity index (χ4n) is 4.01. The van der Waals surface area contributed by atoms with Gasteiger partial charge in [-0.05, 0) is 37.9 Å². The highest BCUT2D eigenvalue weighted by Crippen LogP contribution is 2.33. The van der Waals surface area contributed by atoms with Gasteiger partial charge in [-0.25, -0.2) is 0 Å². The maximum atomic E-state index is 13.1.